The van der Waals surface area contributed by atoms with Crippen molar-refractivity contribution in [1.29, 1.82) is 0 Å². The molecule has 0 aliphatic carbocycles. The van der Waals surface area contributed by atoms with Crippen LogP contribution in [-0.4, -0.2) is 0 Å². The molecule has 0 atom stereocenters. The van der Waals surface area contributed by atoms with Crippen LogP contribution in [0.3, 0.4) is 0 Å². The number of benzene rings is 2. The van der Waals surface area contributed by atoms with E-state index in [0.29, 0.717) is 6.07 Å². The van der Waals surface area contributed by atoms with Crippen LogP contribution in [0.25, 0.3) is 0 Å². The Balaban J connectivity index is 2.46. The van der Waals surface area contributed by atoms with Gasteiger partial charge in [-0.05, 0) is 19.1 Å². The third-order valence-corrected chi connectivity index (χ3v) is 2.97. The Labute approximate surface area is 112 Å². The SMILES string of the molecule is Cc1ccc(C(F)(F)c2cccc(C(F)(F)F)c2)cc1. The minimum atomic E-state index is -4.64. The predicted molar refractivity (Wildman–Crippen MR) is 65.6 cm³/mol. The maximum absolute atomic E-state index is 14.2. The molecule has 0 bridgehead atoms. The fraction of sp³-hybridized carbons (Fsp3) is 0.200. The molecular formula is C15H11F5. The molecule has 0 saturated heterocycles. The predicted octanol–water partition coefficient (Wildman–Crippen LogP) is 5.15. The molecule has 2 aromatic carbocycles. The summed E-state index contributed by atoms with van der Waals surface area (Å²) >= 11 is 0. The second-order valence-electron chi connectivity index (χ2n) is 4.52. The molecule has 0 heterocycles. The van der Waals surface area contributed by atoms with E-state index < -0.39 is 23.2 Å². The molecule has 0 amide bonds. The number of hydrogen-bond acceptors (Lipinski definition) is 0. The summed E-state index contributed by atoms with van der Waals surface area (Å²) in [6, 6.07) is 8.67. The first-order chi connectivity index (χ1) is 9.21. The lowest BCUT2D eigenvalue weighted by Crippen LogP contribution is -2.16. The van der Waals surface area contributed by atoms with Crippen molar-refractivity contribution >= 4 is 0 Å². The topological polar surface area (TPSA) is 0 Å². The molecule has 2 aromatic rings. The maximum Gasteiger partial charge on any atom is 0.416 e. The van der Waals surface area contributed by atoms with E-state index in [9.17, 15) is 22.0 Å². The van der Waals surface area contributed by atoms with Gasteiger partial charge in [0.2, 0.25) is 0 Å². The largest absolute Gasteiger partial charge is 0.416 e. The van der Waals surface area contributed by atoms with Gasteiger partial charge < -0.3 is 0 Å². The van der Waals surface area contributed by atoms with Crippen LogP contribution in [0.2, 0.25) is 0 Å². The van der Waals surface area contributed by atoms with Crippen LogP contribution in [-0.2, 0) is 12.1 Å². The molecule has 0 saturated carbocycles. The summed E-state index contributed by atoms with van der Waals surface area (Å²) in [6.07, 6.45) is -4.64. The van der Waals surface area contributed by atoms with E-state index in [2.05, 4.69) is 0 Å². The van der Waals surface area contributed by atoms with E-state index in [1.54, 1.807) is 6.92 Å². The van der Waals surface area contributed by atoms with E-state index in [1.165, 1.54) is 24.3 Å². The van der Waals surface area contributed by atoms with Gasteiger partial charge in [0, 0.05) is 11.1 Å². The summed E-state index contributed by atoms with van der Waals surface area (Å²) in [7, 11) is 0. The van der Waals surface area contributed by atoms with Gasteiger partial charge in [0.25, 0.3) is 5.92 Å². The zero-order valence-corrected chi connectivity index (χ0v) is 10.5. The average molecular weight is 286 g/mol. The third kappa shape index (κ3) is 2.81. The molecule has 0 unspecified atom stereocenters. The van der Waals surface area contributed by atoms with Crippen LogP contribution in [0.15, 0.2) is 48.5 Å². The quantitative estimate of drug-likeness (QED) is 0.669. The highest BCUT2D eigenvalue weighted by molar-refractivity contribution is 5.37. The van der Waals surface area contributed by atoms with Gasteiger partial charge in [-0.15, -0.1) is 0 Å². The van der Waals surface area contributed by atoms with Crippen LogP contribution in [0.5, 0.6) is 0 Å². The zero-order chi connectivity index (χ0) is 15.0. The number of rotatable bonds is 2. The van der Waals surface area contributed by atoms with Gasteiger partial charge in [0.1, 0.15) is 0 Å². The average Bonchev–Trinajstić information content (AvgIpc) is 2.38. The molecule has 2 rings (SSSR count). The number of alkyl halides is 5. The Morgan fingerprint density at radius 3 is 1.80 bits per heavy atom. The van der Waals surface area contributed by atoms with Crippen molar-refractivity contribution in [3.8, 4) is 0 Å². The van der Waals surface area contributed by atoms with Crippen LogP contribution < -0.4 is 0 Å². The Hall–Kier alpha value is -1.91. The lowest BCUT2D eigenvalue weighted by molar-refractivity contribution is -0.137. The first kappa shape index (κ1) is 14.5. The van der Waals surface area contributed by atoms with E-state index in [1.807, 2.05) is 0 Å². The fourth-order valence-electron chi connectivity index (χ4n) is 1.82. The molecule has 0 aliphatic heterocycles. The molecule has 0 fully saturated rings. The highest BCUT2D eigenvalue weighted by atomic mass is 19.4. The molecule has 0 N–H and O–H groups in total. The Morgan fingerprint density at radius 1 is 0.700 bits per heavy atom. The molecular weight excluding hydrogens is 275 g/mol. The lowest BCUT2D eigenvalue weighted by atomic mass is 9.98. The van der Waals surface area contributed by atoms with Crippen LogP contribution in [0, 0.1) is 6.92 Å². The van der Waals surface area contributed by atoms with Gasteiger partial charge >= 0.3 is 6.18 Å². The Kier molecular flexibility index (Phi) is 3.54. The highest BCUT2D eigenvalue weighted by Gasteiger charge is 2.37. The van der Waals surface area contributed by atoms with Crippen molar-refractivity contribution in [2.75, 3.05) is 0 Å². The minimum Gasteiger partial charge on any atom is -0.196 e. The summed E-state index contributed by atoms with van der Waals surface area (Å²) in [6.45, 7) is 1.74. The van der Waals surface area contributed by atoms with Gasteiger partial charge in [-0.2, -0.15) is 22.0 Å². The Morgan fingerprint density at radius 2 is 1.25 bits per heavy atom. The maximum atomic E-state index is 14.2. The molecule has 0 aliphatic rings. The van der Waals surface area contributed by atoms with Crippen molar-refractivity contribution in [1.82, 2.24) is 0 Å². The van der Waals surface area contributed by atoms with Crippen LogP contribution >= 0.6 is 0 Å². The standard InChI is InChI=1S/C15H11F5/c1-10-5-7-11(8-6-10)14(16,17)12-3-2-4-13(9-12)15(18,19)20/h2-9H,1H3. The van der Waals surface area contributed by atoms with Gasteiger partial charge in [0.15, 0.2) is 0 Å². The molecule has 0 radical (unpaired) electrons. The van der Waals surface area contributed by atoms with Gasteiger partial charge in [-0.1, -0.05) is 42.0 Å². The fourth-order valence-corrected chi connectivity index (χ4v) is 1.82. The van der Waals surface area contributed by atoms with E-state index in [0.717, 1.165) is 23.8 Å². The Bertz CT molecular complexity index is 596. The molecule has 106 valence electrons. The highest BCUT2D eigenvalue weighted by Crippen LogP contribution is 2.38. The number of aryl methyl sites for hydroxylation is 1. The molecule has 0 spiro atoms. The van der Waals surface area contributed by atoms with Gasteiger partial charge in [-0.3, -0.25) is 0 Å². The van der Waals surface area contributed by atoms with Crippen molar-refractivity contribution in [3.63, 3.8) is 0 Å². The smallest absolute Gasteiger partial charge is 0.196 e. The lowest BCUT2D eigenvalue weighted by Gasteiger charge is -2.18. The van der Waals surface area contributed by atoms with E-state index >= 15 is 0 Å². The van der Waals surface area contributed by atoms with E-state index in [4.69, 9.17) is 0 Å². The van der Waals surface area contributed by atoms with Crippen LogP contribution in [0.1, 0.15) is 22.3 Å². The second kappa shape index (κ2) is 4.89. The molecule has 5 heteroatoms. The van der Waals surface area contributed by atoms with Crippen molar-refractivity contribution < 1.29 is 22.0 Å². The number of halogens is 5. The summed E-state index contributed by atoms with van der Waals surface area (Å²) in [5.41, 5.74) is -1.28. The van der Waals surface area contributed by atoms with Crippen molar-refractivity contribution in [2.45, 2.75) is 19.0 Å². The molecule has 0 nitrogen and oxygen atoms in total. The van der Waals surface area contributed by atoms with E-state index in [-0.39, 0.29) is 5.56 Å². The summed E-state index contributed by atoms with van der Waals surface area (Å²) in [5.74, 6) is -3.46. The third-order valence-electron chi connectivity index (χ3n) is 2.97. The monoisotopic (exact) mass is 286 g/mol. The second-order valence-corrected chi connectivity index (χ2v) is 4.52. The van der Waals surface area contributed by atoms with Crippen LogP contribution in [0.4, 0.5) is 22.0 Å². The zero-order valence-electron chi connectivity index (χ0n) is 10.5. The normalized spacial score (nSPS) is 12.5. The van der Waals surface area contributed by atoms with Gasteiger partial charge in [0.05, 0.1) is 5.56 Å². The summed E-state index contributed by atoms with van der Waals surface area (Å²) in [4.78, 5) is 0. The summed E-state index contributed by atoms with van der Waals surface area (Å²) < 4.78 is 66.1. The first-order valence-electron chi connectivity index (χ1n) is 5.84. The molecule has 20 heavy (non-hydrogen) atoms. The number of hydrogen-bond donors (Lipinski definition) is 0. The summed E-state index contributed by atoms with van der Waals surface area (Å²) in [5, 5.41) is 0. The van der Waals surface area contributed by atoms with Crippen molar-refractivity contribution in [2.24, 2.45) is 0 Å². The first-order valence-corrected chi connectivity index (χ1v) is 5.84. The molecule has 0 aromatic heterocycles. The minimum absolute atomic E-state index is 0.331. The van der Waals surface area contributed by atoms with Crippen molar-refractivity contribution in [3.05, 3.63) is 70.8 Å². The van der Waals surface area contributed by atoms with Gasteiger partial charge in [-0.25, -0.2) is 0 Å².